The standard InChI is InChI=1S/C28H27IN2S/c1-31(25-11-3-2-4-12-25)27-13-7-5-9-23(27)20-30-21-24-10-6-8-14-28(24)32-26-17-15-22(19-29)16-18-26/h2-18,30H,19-21H2,1H3. The quantitative estimate of drug-likeness (QED) is 0.169. The van der Waals surface area contributed by atoms with Crippen LogP contribution in [0.5, 0.6) is 0 Å². The predicted molar refractivity (Wildman–Crippen MR) is 146 cm³/mol. The summed E-state index contributed by atoms with van der Waals surface area (Å²) in [6.45, 7) is 1.65. The fourth-order valence-corrected chi connectivity index (χ4v) is 5.09. The second kappa shape index (κ2) is 11.5. The van der Waals surface area contributed by atoms with Crippen LogP contribution in [0.15, 0.2) is 113 Å². The first-order valence-electron chi connectivity index (χ1n) is 10.7. The molecule has 4 heteroatoms. The third-order valence-electron chi connectivity index (χ3n) is 5.41. The number of nitrogens with one attached hydrogen (secondary N) is 1. The van der Waals surface area contributed by atoms with Crippen LogP contribution in [0.2, 0.25) is 0 Å². The molecule has 0 unspecified atom stereocenters. The molecule has 0 amide bonds. The van der Waals surface area contributed by atoms with Crippen LogP contribution in [0.4, 0.5) is 11.4 Å². The Morgan fingerprint density at radius 3 is 2.09 bits per heavy atom. The van der Waals surface area contributed by atoms with Crippen molar-refractivity contribution >= 4 is 45.7 Å². The van der Waals surface area contributed by atoms with Crippen LogP contribution in [-0.2, 0) is 17.5 Å². The summed E-state index contributed by atoms with van der Waals surface area (Å²) in [4.78, 5) is 4.83. The van der Waals surface area contributed by atoms with E-state index in [-0.39, 0.29) is 0 Å². The molecule has 0 heterocycles. The maximum absolute atomic E-state index is 3.67. The lowest BCUT2D eigenvalue weighted by atomic mass is 10.1. The van der Waals surface area contributed by atoms with Crippen LogP contribution in [0, 0.1) is 0 Å². The molecule has 162 valence electrons. The van der Waals surface area contributed by atoms with Crippen molar-refractivity contribution < 1.29 is 0 Å². The minimum atomic E-state index is 0.816. The average molecular weight is 551 g/mol. The average Bonchev–Trinajstić information content (AvgIpc) is 2.86. The van der Waals surface area contributed by atoms with Gasteiger partial charge in [0, 0.05) is 45.7 Å². The fraction of sp³-hybridized carbons (Fsp3) is 0.143. The summed E-state index contributed by atoms with van der Waals surface area (Å²) in [6.07, 6.45) is 0. The SMILES string of the molecule is CN(c1ccccc1)c1ccccc1CNCc1ccccc1Sc1ccc(CI)cc1. The molecule has 0 aliphatic heterocycles. The van der Waals surface area contributed by atoms with Crippen LogP contribution in [0.1, 0.15) is 16.7 Å². The highest BCUT2D eigenvalue weighted by Gasteiger charge is 2.09. The molecule has 32 heavy (non-hydrogen) atoms. The molecule has 2 nitrogen and oxygen atoms in total. The van der Waals surface area contributed by atoms with Gasteiger partial charge in [0.1, 0.15) is 0 Å². The highest BCUT2D eigenvalue weighted by molar-refractivity contribution is 14.1. The lowest BCUT2D eigenvalue weighted by molar-refractivity contribution is 0.685. The van der Waals surface area contributed by atoms with Gasteiger partial charge in [0.2, 0.25) is 0 Å². The largest absolute Gasteiger partial charge is 0.344 e. The van der Waals surface area contributed by atoms with Crippen LogP contribution in [0.3, 0.4) is 0 Å². The molecule has 0 saturated carbocycles. The molecule has 0 radical (unpaired) electrons. The lowest BCUT2D eigenvalue weighted by Gasteiger charge is -2.23. The molecular formula is C28H27IN2S. The fourth-order valence-electron chi connectivity index (χ4n) is 3.63. The van der Waals surface area contributed by atoms with E-state index >= 15 is 0 Å². The molecule has 4 aromatic rings. The number of hydrogen-bond acceptors (Lipinski definition) is 3. The number of nitrogens with zero attached hydrogens (tertiary/aromatic N) is 1. The van der Waals surface area contributed by atoms with Gasteiger partial charge in [0.25, 0.3) is 0 Å². The highest BCUT2D eigenvalue weighted by Crippen LogP contribution is 2.31. The van der Waals surface area contributed by atoms with E-state index in [1.807, 2.05) is 11.8 Å². The van der Waals surface area contributed by atoms with Gasteiger partial charge >= 0.3 is 0 Å². The topological polar surface area (TPSA) is 15.3 Å². The molecule has 0 spiro atoms. The zero-order chi connectivity index (χ0) is 22.2. The summed E-state index contributed by atoms with van der Waals surface area (Å²) in [6, 6.07) is 36.7. The van der Waals surface area contributed by atoms with Gasteiger partial charge in [-0.25, -0.2) is 0 Å². The first-order chi connectivity index (χ1) is 15.7. The van der Waals surface area contributed by atoms with E-state index < -0.39 is 0 Å². The Balaban J connectivity index is 1.43. The number of rotatable bonds is 9. The van der Waals surface area contributed by atoms with Crippen molar-refractivity contribution in [2.45, 2.75) is 27.3 Å². The number of alkyl halides is 1. The van der Waals surface area contributed by atoms with E-state index in [9.17, 15) is 0 Å². The van der Waals surface area contributed by atoms with E-state index in [0.717, 1.165) is 17.5 Å². The molecule has 0 fully saturated rings. The Labute approximate surface area is 209 Å². The van der Waals surface area contributed by atoms with E-state index in [2.05, 4.69) is 143 Å². The van der Waals surface area contributed by atoms with Crippen molar-refractivity contribution in [2.75, 3.05) is 11.9 Å². The van der Waals surface area contributed by atoms with Crippen LogP contribution in [0.25, 0.3) is 0 Å². The van der Waals surface area contributed by atoms with Crippen LogP contribution >= 0.6 is 34.4 Å². The molecule has 0 atom stereocenters. The Morgan fingerprint density at radius 1 is 0.719 bits per heavy atom. The molecular weight excluding hydrogens is 523 g/mol. The monoisotopic (exact) mass is 550 g/mol. The lowest BCUT2D eigenvalue weighted by Crippen LogP contribution is -2.17. The zero-order valence-electron chi connectivity index (χ0n) is 18.2. The summed E-state index contributed by atoms with van der Waals surface area (Å²) < 4.78 is 1.05. The summed E-state index contributed by atoms with van der Waals surface area (Å²) in [5.41, 5.74) is 6.39. The van der Waals surface area contributed by atoms with Gasteiger partial charge in [-0.05, 0) is 53.1 Å². The van der Waals surface area contributed by atoms with Gasteiger partial charge in [-0.15, -0.1) is 0 Å². The minimum absolute atomic E-state index is 0.816. The summed E-state index contributed by atoms with van der Waals surface area (Å²) in [5, 5.41) is 3.67. The number of hydrogen-bond donors (Lipinski definition) is 1. The first-order valence-corrected chi connectivity index (χ1v) is 13.1. The predicted octanol–water partition coefficient (Wildman–Crippen LogP) is 7.83. The van der Waals surface area contributed by atoms with Crippen molar-refractivity contribution in [3.63, 3.8) is 0 Å². The smallest absolute Gasteiger partial charge is 0.0453 e. The van der Waals surface area contributed by atoms with Crippen molar-refractivity contribution in [3.05, 3.63) is 120 Å². The maximum atomic E-state index is 3.67. The van der Waals surface area contributed by atoms with Gasteiger partial charge in [0.05, 0.1) is 0 Å². The van der Waals surface area contributed by atoms with Gasteiger partial charge in [-0.3, -0.25) is 0 Å². The second-order valence-electron chi connectivity index (χ2n) is 7.61. The Kier molecular flexibility index (Phi) is 8.26. The first kappa shape index (κ1) is 22.9. The molecule has 0 aromatic heterocycles. The van der Waals surface area contributed by atoms with Gasteiger partial charge < -0.3 is 10.2 Å². The number of halogens is 1. The Bertz CT molecular complexity index is 1130. The van der Waals surface area contributed by atoms with Crippen molar-refractivity contribution in [1.29, 1.82) is 0 Å². The third-order valence-corrected chi connectivity index (χ3v) is 7.41. The number of para-hydroxylation sites is 2. The summed E-state index contributed by atoms with van der Waals surface area (Å²) in [7, 11) is 2.13. The van der Waals surface area contributed by atoms with Crippen molar-refractivity contribution in [1.82, 2.24) is 5.32 Å². The molecule has 1 N–H and O–H groups in total. The molecule has 4 aromatic carbocycles. The van der Waals surface area contributed by atoms with E-state index in [4.69, 9.17) is 0 Å². The van der Waals surface area contributed by atoms with E-state index in [0.29, 0.717) is 0 Å². The van der Waals surface area contributed by atoms with Crippen molar-refractivity contribution in [2.24, 2.45) is 0 Å². The molecule has 0 aliphatic rings. The number of anilines is 2. The molecule has 0 saturated heterocycles. The van der Waals surface area contributed by atoms with Gasteiger partial charge in [-0.2, -0.15) is 0 Å². The summed E-state index contributed by atoms with van der Waals surface area (Å²) in [5.74, 6) is 0. The molecule has 0 aliphatic carbocycles. The Morgan fingerprint density at radius 2 is 1.34 bits per heavy atom. The van der Waals surface area contributed by atoms with Gasteiger partial charge in [0.15, 0.2) is 0 Å². The summed E-state index contributed by atoms with van der Waals surface area (Å²) >= 11 is 4.24. The highest BCUT2D eigenvalue weighted by atomic mass is 127. The minimum Gasteiger partial charge on any atom is -0.344 e. The van der Waals surface area contributed by atoms with Crippen molar-refractivity contribution in [3.8, 4) is 0 Å². The van der Waals surface area contributed by atoms with Crippen LogP contribution < -0.4 is 10.2 Å². The molecule has 0 bridgehead atoms. The number of benzene rings is 4. The van der Waals surface area contributed by atoms with Gasteiger partial charge in [-0.1, -0.05) is 101 Å². The molecule has 4 rings (SSSR count). The normalized spacial score (nSPS) is 10.8. The Hall–Kier alpha value is -2.28. The van der Waals surface area contributed by atoms with E-state index in [1.165, 1.54) is 37.9 Å². The zero-order valence-corrected chi connectivity index (χ0v) is 21.1. The van der Waals surface area contributed by atoms with E-state index in [1.54, 1.807) is 0 Å². The second-order valence-corrected chi connectivity index (χ2v) is 9.49. The maximum Gasteiger partial charge on any atom is 0.0453 e. The van der Waals surface area contributed by atoms with Crippen LogP contribution in [-0.4, -0.2) is 7.05 Å². The third kappa shape index (κ3) is 5.94.